The van der Waals surface area contributed by atoms with Gasteiger partial charge in [-0.05, 0) is 32.2 Å². The van der Waals surface area contributed by atoms with E-state index in [1.165, 1.54) is 6.07 Å². The highest BCUT2D eigenvalue weighted by Gasteiger charge is 2.23. The second-order valence-corrected chi connectivity index (χ2v) is 7.80. The van der Waals surface area contributed by atoms with E-state index in [1.807, 2.05) is 30.9 Å². The van der Waals surface area contributed by atoms with Gasteiger partial charge < -0.3 is 15.1 Å². The molecular weight excluding hydrogens is 311 g/mol. The third-order valence-corrected chi connectivity index (χ3v) is 5.46. The molecule has 1 heterocycles. The molecule has 1 N–H and O–H groups in total. The molecule has 0 radical (unpaired) electrons. The van der Waals surface area contributed by atoms with E-state index in [1.54, 1.807) is 6.07 Å². The molecule has 0 aliphatic carbocycles. The molecule has 0 bridgehead atoms. The first kappa shape index (κ1) is 17.9. The first-order chi connectivity index (χ1) is 11.0. The molecule has 1 fully saturated rings. The van der Waals surface area contributed by atoms with Crippen molar-refractivity contribution < 1.29 is 4.39 Å². The number of nitrogens with one attached hydrogen (secondary N) is 1. The second-order valence-electron chi connectivity index (χ2n) is 6.29. The molecule has 23 heavy (non-hydrogen) atoms. The quantitative estimate of drug-likeness (QED) is 0.675. The lowest BCUT2D eigenvalue weighted by atomic mass is 10.2. The number of halogens is 1. The predicted molar refractivity (Wildman–Crippen MR) is 99.1 cm³/mol. The van der Waals surface area contributed by atoms with Gasteiger partial charge in [0.1, 0.15) is 5.82 Å². The van der Waals surface area contributed by atoms with E-state index in [0.717, 1.165) is 38.7 Å². The topological polar surface area (TPSA) is 30.9 Å². The Hall–Kier alpha value is -1.43. The van der Waals surface area contributed by atoms with Crippen LogP contribution in [0.15, 0.2) is 29.3 Å². The number of guanidine groups is 1. The number of para-hydroxylation sites is 1. The molecule has 6 heteroatoms. The monoisotopic (exact) mass is 338 g/mol. The van der Waals surface area contributed by atoms with E-state index in [-0.39, 0.29) is 10.6 Å². The van der Waals surface area contributed by atoms with Gasteiger partial charge >= 0.3 is 0 Å². The Bertz CT molecular complexity index is 539. The van der Waals surface area contributed by atoms with Crippen molar-refractivity contribution in [2.45, 2.75) is 18.6 Å². The van der Waals surface area contributed by atoms with Crippen molar-refractivity contribution in [1.82, 2.24) is 10.2 Å². The number of piperazine rings is 1. The summed E-state index contributed by atoms with van der Waals surface area (Å²) in [6.45, 7) is 8.58. The molecule has 0 spiro atoms. The van der Waals surface area contributed by atoms with Gasteiger partial charge in [-0.3, -0.25) is 4.99 Å². The molecule has 1 aliphatic rings. The average Bonchev–Trinajstić information content (AvgIpc) is 2.56. The maximum absolute atomic E-state index is 13.9. The van der Waals surface area contributed by atoms with E-state index in [9.17, 15) is 4.39 Å². The molecule has 0 saturated carbocycles. The summed E-state index contributed by atoms with van der Waals surface area (Å²) in [6.07, 6.45) is 2.12. The number of hydrogen-bond acceptors (Lipinski definition) is 3. The van der Waals surface area contributed by atoms with Gasteiger partial charge in [-0.15, -0.1) is 0 Å². The normalized spacial score (nSPS) is 16.7. The van der Waals surface area contributed by atoms with Crippen LogP contribution in [0.4, 0.5) is 10.1 Å². The Morgan fingerprint density at radius 3 is 2.48 bits per heavy atom. The summed E-state index contributed by atoms with van der Waals surface area (Å²) in [5, 5.41) is 3.46. The first-order valence-corrected chi connectivity index (χ1v) is 9.19. The zero-order chi connectivity index (χ0) is 16.9. The number of hydrogen-bond donors (Lipinski definition) is 1. The Morgan fingerprint density at radius 1 is 1.26 bits per heavy atom. The van der Waals surface area contributed by atoms with Crippen molar-refractivity contribution in [1.29, 1.82) is 0 Å². The van der Waals surface area contributed by atoms with Crippen LogP contribution in [-0.4, -0.2) is 61.6 Å². The molecule has 1 aliphatic heterocycles. The van der Waals surface area contributed by atoms with Gasteiger partial charge in [-0.25, -0.2) is 4.39 Å². The second kappa shape index (κ2) is 7.90. The minimum Gasteiger partial charge on any atom is -0.366 e. The van der Waals surface area contributed by atoms with Crippen LogP contribution in [0, 0.1) is 5.82 Å². The average molecular weight is 338 g/mol. The molecular formula is C17H27FN4S. The van der Waals surface area contributed by atoms with Crippen LogP contribution < -0.4 is 10.2 Å². The van der Waals surface area contributed by atoms with Crippen molar-refractivity contribution in [2.24, 2.45) is 4.99 Å². The van der Waals surface area contributed by atoms with Crippen LogP contribution in [0.1, 0.15) is 13.8 Å². The van der Waals surface area contributed by atoms with Gasteiger partial charge in [0, 0.05) is 44.5 Å². The summed E-state index contributed by atoms with van der Waals surface area (Å²) in [5.74, 6) is 0.783. The fourth-order valence-electron chi connectivity index (χ4n) is 2.56. The van der Waals surface area contributed by atoms with Crippen LogP contribution >= 0.6 is 11.8 Å². The molecule has 0 atom stereocenters. The summed E-state index contributed by atoms with van der Waals surface area (Å²) in [4.78, 5) is 8.74. The minimum absolute atomic E-state index is 0.148. The maximum Gasteiger partial charge on any atom is 0.193 e. The highest BCUT2D eigenvalue weighted by Crippen LogP contribution is 2.21. The van der Waals surface area contributed by atoms with E-state index < -0.39 is 0 Å². The van der Waals surface area contributed by atoms with Crippen LogP contribution in [0.2, 0.25) is 0 Å². The lowest BCUT2D eigenvalue weighted by Gasteiger charge is -2.38. The Kier molecular flexibility index (Phi) is 6.16. The number of nitrogens with zero attached hydrogens (tertiary/aromatic N) is 3. The van der Waals surface area contributed by atoms with Crippen LogP contribution in [0.3, 0.4) is 0 Å². The lowest BCUT2D eigenvalue weighted by molar-refractivity contribution is 0.369. The van der Waals surface area contributed by atoms with Crippen molar-refractivity contribution >= 4 is 23.4 Å². The predicted octanol–water partition coefficient (Wildman–Crippen LogP) is 2.66. The van der Waals surface area contributed by atoms with Gasteiger partial charge in [-0.2, -0.15) is 11.8 Å². The Labute approximate surface area is 143 Å². The number of rotatable bonds is 4. The molecule has 2 rings (SSSR count). The highest BCUT2D eigenvalue weighted by molar-refractivity contribution is 7.99. The summed E-state index contributed by atoms with van der Waals surface area (Å²) in [7, 11) is 1.82. The maximum atomic E-state index is 13.9. The van der Waals surface area contributed by atoms with Crippen molar-refractivity contribution in [3.8, 4) is 0 Å². The summed E-state index contributed by atoms with van der Waals surface area (Å²) in [5.41, 5.74) is 0.693. The standard InChI is InChI=1S/C17H27FN4S/c1-17(2,23-4)13-20-16(19-3)22-11-9-21(10-12-22)15-8-6-5-7-14(15)18/h5-8H,9-13H2,1-4H3,(H,19,20). The number of anilines is 1. The van der Waals surface area contributed by atoms with Crippen LogP contribution in [-0.2, 0) is 0 Å². The van der Waals surface area contributed by atoms with Crippen molar-refractivity contribution in [2.75, 3.05) is 50.9 Å². The van der Waals surface area contributed by atoms with Gasteiger partial charge in [-0.1, -0.05) is 12.1 Å². The first-order valence-electron chi connectivity index (χ1n) is 7.97. The molecule has 1 aromatic carbocycles. The van der Waals surface area contributed by atoms with Gasteiger partial charge in [0.25, 0.3) is 0 Å². The minimum atomic E-state index is -0.148. The third-order valence-electron chi connectivity index (χ3n) is 4.21. The van der Waals surface area contributed by atoms with E-state index >= 15 is 0 Å². The van der Waals surface area contributed by atoms with Gasteiger partial charge in [0.05, 0.1) is 5.69 Å². The van der Waals surface area contributed by atoms with Crippen molar-refractivity contribution in [3.63, 3.8) is 0 Å². The van der Waals surface area contributed by atoms with Gasteiger partial charge in [0.2, 0.25) is 0 Å². The molecule has 0 unspecified atom stereocenters. The van der Waals surface area contributed by atoms with Crippen molar-refractivity contribution in [3.05, 3.63) is 30.1 Å². The molecule has 0 amide bonds. The molecule has 4 nitrogen and oxygen atoms in total. The van der Waals surface area contributed by atoms with Crippen LogP contribution in [0.25, 0.3) is 0 Å². The van der Waals surface area contributed by atoms with Crippen LogP contribution in [0.5, 0.6) is 0 Å². The summed E-state index contributed by atoms with van der Waals surface area (Å²) >= 11 is 1.84. The lowest BCUT2D eigenvalue weighted by Crippen LogP contribution is -2.54. The molecule has 128 valence electrons. The molecule has 1 saturated heterocycles. The van der Waals surface area contributed by atoms with Gasteiger partial charge in [0.15, 0.2) is 5.96 Å². The fraction of sp³-hybridized carbons (Fsp3) is 0.588. The third kappa shape index (κ3) is 4.77. The Balaban J connectivity index is 1.91. The number of aliphatic imine (C=N–C) groups is 1. The molecule has 0 aromatic heterocycles. The van der Waals surface area contributed by atoms with E-state index in [0.29, 0.717) is 5.69 Å². The zero-order valence-corrected chi connectivity index (χ0v) is 15.3. The smallest absolute Gasteiger partial charge is 0.193 e. The fourth-order valence-corrected chi connectivity index (χ4v) is 2.78. The number of thioether (sulfide) groups is 1. The zero-order valence-electron chi connectivity index (χ0n) is 14.5. The molecule has 1 aromatic rings. The van der Waals surface area contributed by atoms with E-state index in [4.69, 9.17) is 0 Å². The highest BCUT2D eigenvalue weighted by atomic mass is 32.2. The summed E-state index contributed by atoms with van der Waals surface area (Å²) < 4.78 is 14.1. The SMILES string of the molecule is CN=C(NCC(C)(C)SC)N1CCN(c2ccccc2F)CC1. The van der Waals surface area contributed by atoms with E-state index in [2.05, 4.69) is 40.2 Å². The summed E-state index contributed by atoms with van der Waals surface area (Å²) in [6, 6.07) is 6.98. The Morgan fingerprint density at radius 2 is 1.91 bits per heavy atom. The largest absolute Gasteiger partial charge is 0.366 e. The number of benzene rings is 1.